The van der Waals surface area contributed by atoms with Crippen LogP contribution in [-0.4, -0.2) is 28.5 Å². The lowest BCUT2D eigenvalue weighted by molar-refractivity contribution is -0.136. The molecule has 0 saturated carbocycles. The van der Waals surface area contributed by atoms with Gasteiger partial charge in [0.2, 0.25) is 5.91 Å². The normalized spacial score (nSPS) is 9.72. The van der Waals surface area contributed by atoms with Crippen LogP contribution in [-0.2, 0) is 9.59 Å². The summed E-state index contributed by atoms with van der Waals surface area (Å²) in [7, 11) is 0. The number of hydrogen-bond donors (Lipinski definition) is 2. The van der Waals surface area contributed by atoms with Crippen LogP contribution in [0.5, 0.6) is 0 Å². The fourth-order valence-corrected chi connectivity index (χ4v) is 2.72. The van der Waals surface area contributed by atoms with Crippen LogP contribution in [0.1, 0.15) is 18.4 Å². The Morgan fingerprint density at radius 3 is 2.83 bits per heavy atom. The van der Waals surface area contributed by atoms with Crippen LogP contribution in [0.15, 0.2) is 11.4 Å². The highest BCUT2D eigenvalue weighted by molar-refractivity contribution is 7.99. The summed E-state index contributed by atoms with van der Waals surface area (Å²) in [5.74, 6) is 0.0956. The second kappa shape index (κ2) is 7.74. The van der Waals surface area contributed by atoms with E-state index in [1.807, 2.05) is 6.07 Å². The van der Waals surface area contributed by atoms with Crippen molar-refractivity contribution in [3.05, 3.63) is 17.0 Å². The minimum absolute atomic E-state index is 0.107. The SMILES string of the molecule is N#Cc1ccsc1NC(=O)CCSCCC(=O)O. The van der Waals surface area contributed by atoms with Gasteiger partial charge in [-0.1, -0.05) is 0 Å². The van der Waals surface area contributed by atoms with Gasteiger partial charge in [-0.15, -0.1) is 11.3 Å². The van der Waals surface area contributed by atoms with E-state index in [1.54, 1.807) is 11.4 Å². The molecule has 2 N–H and O–H groups in total. The molecule has 0 atom stereocenters. The molecule has 1 aromatic heterocycles. The number of nitriles is 1. The smallest absolute Gasteiger partial charge is 0.304 e. The fraction of sp³-hybridized carbons (Fsp3) is 0.364. The molecule has 0 unspecified atom stereocenters. The van der Waals surface area contributed by atoms with E-state index in [0.717, 1.165) is 0 Å². The maximum Gasteiger partial charge on any atom is 0.304 e. The lowest BCUT2D eigenvalue weighted by Gasteiger charge is -2.02. The molecule has 0 spiro atoms. The van der Waals surface area contributed by atoms with Crippen molar-refractivity contribution in [3.63, 3.8) is 0 Å². The van der Waals surface area contributed by atoms with Gasteiger partial charge in [0.05, 0.1) is 12.0 Å². The van der Waals surface area contributed by atoms with Crippen molar-refractivity contribution >= 4 is 40.0 Å². The molecule has 0 saturated heterocycles. The first-order valence-corrected chi connectivity index (χ1v) is 7.24. The first-order chi connectivity index (χ1) is 8.63. The molecule has 1 rings (SSSR count). The zero-order chi connectivity index (χ0) is 13.4. The van der Waals surface area contributed by atoms with E-state index in [1.165, 1.54) is 23.1 Å². The molecule has 96 valence electrons. The van der Waals surface area contributed by atoms with Crippen molar-refractivity contribution in [1.82, 2.24) is 0 Å². The molecule has 0 fully saturated rings. The van der Waals surface area contributed by atoms with Gasteiger partial charge in [-0.2, -0.15) is 17.0 Å². The van der Waals surface area contributed by atoms with Gasteiger partial charge in [0.15, 0.2) is 0 Å². The molecular weight excluding hydrogens is 272 g/mol. The Kier molecular flexibility index (Phi) is 6.25. The summed E-state index contributed by atoms with van der Waals surface area (Å²) in [6.07, 6.45) is 0.419. The van der Waals surface area contributed by atoms with E-state index in [2.05, 4.69) is 5.32 Å². The summed E-state index contributed by atoms with van der Waals surface area (Å²) in [4.78, 5) is 21.8. The molecule has 7 heteroatoms. The Morgan fingerprint density at radius 1 is 1.44 bits per heavy atom. The van der Waals surface area contributed by atoms with Crippen molar-refractivity contribution < 1.29 is 14.7 Å². The van der Waals surface area contributed by atoms with E-state index in [-0.39, 0.29) is 12.3 Å². The van der Waals surface area contributed by atoms with Crippen LogP contribution >= 0.6 is 23.1 Å². The maximum absolute atomic E-state index is 11.5. The average Bonchev–Trinajstić information content (AvgIpc) is 2.75. The zero-order valence-electron chi connectivity index (χ0n) is 9.51. The number of carboxylic acids is 1. The van der Waals surface area contributed by atoms with Gasteiger partial charge in [-0.05, 0) is 11.4 Å². The summed E-state index contributed by atoms with van der Waals surface area (Å²) >= 11 is 2.74. The van der Waals surface area contributed by atoms with Gasteiger partial charge >= 0.3 is 5.97 Å². The number of carboxylic acid groups (broad SMARTS) is 1. The van der Waals surface area contributed by atoms with Crippen LogP contribution in [0.2, 0.25) is 0 Å². The first kappa shape index (κ1) is 14.5. The number of amides is 1. The number of carbonyl (C=O) groups excluding carboxylic acids is 1. The number of rotatable bonds is 7. The van der Waals surface area contributed by atoms with E-state index in [0.29, 0.717) is 28.5 Å². The summed E-state index contributed by atoms with van der Waals surface area (Å²) in [6, 6.07) is 3.65. The van der Waals surface area contributed by atoms with E-state index >= 15 is 0 Å². The Hall–Kier alpha value is -1.52. The van der Waals surface area contributed by atoms with Crippen molar-refractivity contribution in [2.75, 3.05) is 16.8 Å². The number of aliphatic carboxylic acids is 1. The van der Waals surface area contributed by atoms with Gasteiger partial charge in [-0.3, -0.25) is 9.59 Å². The molecule has 1 amide bonds. The second-order valence-electron chi connectivity index (χ2n) is 3.33. The quantitative estimate of drug-likeness (QED) is 0.749. The van der Waals surface area contributed by atoms with Crippen LogP contribution in [0.4, 0.5) is 5.00 Å². The molecule has 0 aromatic carbocycles. The van der Waals surface area contributed by atoms with E-state index in [9.17, 15) is 9.59 Å². The maximum atomic E-state index is 11.5. The standard InChI is InChI=1S/C11H12N2O3S2/c12-7-8-1-6-18-11(8)13-9(14)2-4-17-5-3-10(15)16/h1,6H,2-5H2,(H,13,14)(H,15,16). The number of carbonyl (C=O) groups is 2. The highest BCUT2D eigenvalue weighted by Crippen LogP contribution is 2.22. The molecule has 0 bridgehead atoms. The fourth-order valence-electron chi connectivity index (χ4n) is 1.11. The second-order valence-corrected chi connectivity index (χ2v) is 5.47. The zero-order valence-corrected chi connectivity index (χ0v) is 11.1. The topological polar surface area (TPSA) is 90.2 Å². The van der Waals surface area contributed by atoms with Gasteiger partial charge in [0.1, 0.15) is 11.1 Å². The Bertz CT molecular complexity index is 465. The third-order valence-corrected chi connectivity index (χ3v) is 3.79. The van der Waals surface area contributed by atoms with Gasteiger partial charge in [-0.25, -0.2) is 0 Å². The summed E-state index contributed by atoms with van der Waals surface area (Å²) in [6.45, 7) is 0. The first-order valence-electron chi connectivity index (χ1n) is 5.20. The molecule has 18 heavy (non-hydrogen) atoms. The van der Waals surface area contributed by atoms with Crippen molar-refractivity contribution in [3.8, 4) is 6.07 Å². The van der Waals surface area contributed by atoms with E-state index in [4.69, 9.17) is 10.4 Å². The Balaban J connectivity index is 2.22. The number of nitrogens with zero attached hydrogens (tertiary/aromatic N) is 1. The van der Waals surface area contributed by atoms with Gasteiger partial charge in [0.25, 0.3) is 0 Å². The highest BCUT2D eigenvalue weighted by atomic mass is 32.2. The Labute approximate surface area is 113 Å². The molecule has 5 nitrogen and oxygen atoms in total. The molecule has 1 aromatic rings. The summed E-state index contributed by atoms with van der Waals surface area (Å²) in [5.41, 5.74) is 0.465. The number of nitrogens with one attached hydrogen (secondary N) is 1. The molecule has 1 heterocycles. The van der Waals surface area contributed by atoms with Crippen molar-refractivity contribution in [2.24, 2.45) is 0 Å². The van der Waals surface area contributed by atoms with Crippen LogP contribution in [0.25, 0.3) is 0 Å². The summed E-state index contributed by atoms with van der Waals surface area (Å²) < 4.78 is 0. The minimum Gasteiger partial charge on any atom is -0.481 e. The number of thiophene rings is 1. The lowest BCUT2D eigenvalue weighted by Crippen LogP contribution is -2.12. The Morgan fingerprint density at radius 2 is 2.17 bits per heavy atom. The molecule has 0 aliphatic heterocycles. The average molecular weight is 284 g/mol. The predicted octanol–water partition coefficient (Wildman–Crippen LogP) is 2.16. The third-order valence-electron chi connectivity index (χ3n) is 1.97. The number of anilines is 1. The third kappa shape index (κ3) is 5.21. The summed E-state index contributed by atoms with van der Waals surface area (Å²) in [5, 5.41) is 22.2. The monoisotopic (exact) mass is 284 g/mol. The molecule has 0 aliphatic rings. The molecule has 0 radical (unpaired) electrons. The minimum atomic E-state index is -0.829. The molecule has 0 aliphatic carbocycles. The van der Waals surface area contributed by atoms with Crippen LogP contribution in [0.3, 0.4) is 0 Å². The number of thioether (sulfide) groups is 1. The number of hydrogen-bond acceptors (Lipinski definition) is 5. The van der Waals surface area contributed by atoms with Crippen LogP contribution < -0.4 is 5.32 Å². The van der Waals surface area contributed by atoms with Gasteiger partial charge < -0.3 is 10.4 Å². The van der Waals surface area contributed by atoms with Crippen LogP contribution in [0, 0.1) is 11.3 Å². The predicted molar refractivity (Wildman–Crippen MR) is 71.9 cm³/mol. The lowest BCUT2D eigenvalue weighted by atomic mass is 10.3. The highest BCUT2D eigenvalue weighted by Gasteiger charge is 2.08. The van der Waals surface area contributed by atoms with Crippen molar-refractivity contribution in [2.45, 2.75) is 12.8 Å². The largest absolute Gasteiger partial charge is 0.481 e. The van der Waals surface area contributed by atoms with Gasteiger partial charge in [0, 0.05) is 17.9 Å². The molecular formula is C11H12N2O3S2. The van der Waals surface area contributed by atoms with Crippen molar-refractivity contribution in [1.29, 1.82) is 5.26 Å². The van der Waals surface area contributed by atoms with E-state index < -0.39 is 5.97 Å².